The number of ether oxygens (including phenoxy) is 1. The van der Waals surface area contributed by atoms with Gasteiger partial charge in [-0.3, -0.25) is 19.2 Å². The molecule has 0 aliphatic carbocycles. The number of Topliss-reactive ketones (excluding diaryl/α,β-unsaturated/α-hetero) is 2. The van der Waals surface area contributed by atoms with Crippen LogP contribution in [0.15, 0.2) is 36.4 Å². The quantitative estimate of drug-likeness (QED) is 0.414. The van der Waals surface area contributed by atoms with Crippen molar-refractivity contribution in [1.82, 2.24) is 0 Å². The van der Waals surface area contributed by atoms with Crippen molar-refractivity contribution in [1.29, 1.82) is 0 Å². The summed E-state index contributed by atoms with van der Waals surface area (Å²) in [5.74, 6) is -2.13. The fraction of sp³-hybridized carbons (Fsp3) is 0.250. The van der Waals surface area contributed by atoms with Gasteiger partial charge in [0, 0.05) is 0 Å². The molecule has 0 amide bonds. The molecule has 0 aliphatic heterocycles. The fourth-order valence-electron chi connectivity index (χ4n) is 1.58. The van der Waals surface area contributed by atoms with Crippen molar-refractivity contribution in [2.24, 2.45) is 0 Å². The molecule has 0 saturated heterocycles. The van der Waals surface area contributed by atoms with Crippen LogP contribution >= 0.6 is 0 Å². The van der Waals surface area contributed by atoms with E-state index in [0.29, 0.717) is 0 Å². The van der Waals surface area contributed by atoms with Crippen molar-refractivity contribution < 1.29 is 23.9 Å². The van der Waals surface area contributed by atoms with Gasteiger partial charge in [0.15, 0.2) is 11.6 Å². The molecule has 0 saturated carbocycles. The summed E-state index contributed by atoms with van der Waals surface area (Å²) in [6.07, 6.45) is 1.68. The molecule has 0 heterocycles. The Morgan fingerprint density at radius 1 is 0.952 bits per heavy atom. The first-order valence-corrected chi connectivity index (χ1v) is 6.37. The molecule has 0 aromatic heterocycles. The number of esters is 1. The smallest absolute Gasteiger partial charge is 0.313 e. The van der Waals surface area contributed by atoms with E-state index in [2.05, 4.69) is 4.74 Å². The van der Waals surface area contributed by atoms with Gasteiger partial charge < -0.3 is 4.74 Å². The summed E-state index contributed by atoms with van der Waals surface area (Å²) in [5, 5.41) is 0. The molecule has 0 aliphatic rings. The Morgan fingerprint density at radius 2 is 1.57 bits per heavy atom. The Morgan fingerprint density at radius 3 is 2.19 bits per heavy atom. The van der Waals surface area contributed by atoms with Gasteiger partial charge in [-0.25, -0.2) is 0 Å². The number of hydrogen-bond acceptors (Lipinski definition) is 5. The first-order chi connectivity index (χ1) is 10.0. The largest absolute Gasteiger partial charge is 0.469 e. The number of ketones is 3. The summed E-state index contributed by atoms with van der Waals surface area (Å²) in [5.41, 5.74) is 0.847. The lowest BCUT2D eigenvalue weighted by Crippen LogP contribution is -2.15. The lowest BCUT2D eigenvalue weighted by molar-refractivity contribution is -0.143. The second-order valence-electron chi connectivity index (χ2n) is 4.39. The number of carbonyl (C=O) groups is 4. The maximum absolute atomic E-state index is 11.6. The highest BCUT2D eigenvalue weighted by Gasteiger charge is 2.15. The first kappa shape index (κ1) is 16.5. The first-order valence-electron chi connectivity index (χ1n) is 6.37. The molecule has 1 aromatic rings. The molecule has 0 atom stereocenters. The van der Waals surface area contributed by atoms with Crippen LogP contribution in [0.3, 0.4) is 0 Å². The van der Waals surface area contributed by atoms with Crippen LogP contribution < -0.4 is 0 Å². The van der Waals surface area contributed by atoms with Gasteiger partial charge in [0.05, 0.1) is 20.0 Å². The van der Waals surface area contributed by atoms with E-state index in [9.17, 15) is 19.2 Å². The van der Waals surface area contributed by atoms with Gasteiger partial charge in [0.25, 0.3) is 0 Å². The molecule has 1 aromatic carbocycles. The van der Waals surface area contributed by atoms with E-state index in [1.165, 1.54) is 6.08 Å². The van der Waals surface area contributed by atoms with Crippen molar-refractivity contribution in [3.8, 4) is 0 Å². The van der Waals surface area contributed by atoms with Crippen LogP contribution in [0.1, 0.15) is 24.8 Å². The van der Waals surface area contributed by atoms with E-state index in [1.807, 2.05) is 30.3 Å². The molecule has 1 rings (SSSR count). The van der Waals surface area contributed by atoms with Crippen LogP contribution in [0, 0.1) is 0 Å². The average molecular weight is 288 g/mol. The number of methoxy groups -OCH3 is 1. The van der Waals surface area contributed by atoms with E-state index in [-0.39, 0.29) is 12.2 Å². The van der Waals surface area contributed by atoms with Crippen LogP contribution in [-0.4, -0.2) is 30.4 Å². The van der Waals surface area contributed by atoms with E-state index in [4.69, 9.17) is 0 Å². The maximum atomic E-state index is 11.6. The number of benzene rings is 1. The zero-order valence-electron chi connectivity index (χ0n) is 11.7. The number of rotatable bonds is 8. The number of carbonyl (C=O) groups excluding carboxylic acids is 4. The zero-order chi connectivity index (χ0) is 15.7. The molecule has 5 nitrogen and oxygen atoms in total. The zero-order valence-corrected chi connectivity index (χ0v) is 11.7. The van der Waals surface area contributed by atoms with Gasteiger partial charge in [-0.2, -0.15) is 0 Å². The second kappa shape index (κ2) is 8.58. The van der Waals surface area contributed by atoms with Crippen molar-refractivity contribution in [2.75, 3.05) is 7.11 Å². The van der Waals surface area contributed by atoms with E-state index < -0.39 is 30.4 Å². The van der Waals surface area contributed by atoms with Gasteiger partial charge in [0.2, 0.25) is 0 Å². The average Bonchev–Trinajstić information content (AvgIpc) is 2.45. The summed E-state index contributed by atoms with van der Waals surface area (Å²) < 4.78 is 4.32. The summed E-state index contributed by atoms with van der Waals surface area (Å²) >= 11 is 0. The Hall–Kier alpha value is -2.56. The monoisotopic (exact) mass is 288 g/mol. The van der Waals surface area contributed by atoms with Gasteiger partial charge >= 0.3 is 5.97 Å². The molecule has 0 radical (unpaired) electrons. The molecule has 0 unspecified atom stereocenters. The summed E-state index contributed by atoms with van der Waals surface area (Å²) in [7, 11) is 1.16. The van der Waals surface area contributed by atoms with E-state index in [0.717, 1.165) is 12.7 Å². The minimum atomic E-state index is -0.692. The normalized spacial score (nSPS) is 10.3. The van der Waals surface area contributed by atoms with Crippen LogP contribution in [0.4, 0.5) is 0 Å². The van der Waals surface area contributed by atoms with Crippen LogP contribution in [-0.2, 0) is 23.9 Å². The molecule has 0 spiro atoms. The Kier molecular flexibility index (Phi) is 6.74. The molecule has 110 valence electrons. The lowest BCUT2D eigenvalue weighted by Gasteiger charge is -1.98. The van der Waals surface area contributed by atoms with Crippen molar-refractivity contribution in [3.05, 3.63) is 42.0 Å². The summed E-state index contributed by atoms with van der Waals surface area (Å²) in [6.45, 7) is 0. The third kappa shape index (κ3) is 6.96. The molecular formula is C16H16O5. The topological polar surface area (TPSA) is 77.5 Å². The van der Waals surface area contributed by atoms with Crippen LogP contribution in [0.25, 0.3) is 6.08 Å². The number of hydrogen-bond donors (Lipinski definition) is 0. The van der Waals surface area contributed by atoms with Crippen LogP contribution in [0.5, 0.6) is 0 Å². The lowest BCUT2D eigenvalue weighted by atomic mass is 10.1. The number of allylic oxidation sites excluding steroid dienone is 1. The van der Waals surface area contributed by atoms with Crippen LogP contribution in [0.2, 0.25) is 0 Å². The second-order valence-corrected chi connectivity index (χ2v) is 4.39. The summed E-state index contributed by atoms with van der Waals surface area (Å²) in [4.78, 5) is 45.3. The highest BCUT2D eigenvalue weighted by Crippen LogP contribution is 2.03. The Bertz CT molecular complexity index is 557. The predicted octanol–water partition coefficient (Wildman–Crippen LogP) is 1.75. The fourth-order valence-corrected chi connectivity index (χ4v) is 1.58. The van der Waals surface area contributed by atoms with Gasteiger partial charge in [-0.1, -0.05) is 36.4 Å². The maximum Gasteiger partial charge on any atom is 0.313 e. The minimum absolute atomic E-state index is 0.351. The minimum Gasteiger partial charge on any atom is -0.469 e. The predicted molar refractivity (Wildman–Crippen MR) is 76.4 cm³/mol. The summed E-state index contributed by atoms with van der Waals surface area (Å²) in [6, 6.07) is 9.17. The molecule has 0 N–H and O–H groups in total. The molecule has 21 heavy (non-hydrogen) atoms. The third-order valence-corrected chi connectivity index (χ3v) is 2.60. The molecular weight excluding hydrogens is 272 g/mol. The van der Waals surface area contributed by atoms with E-state index in [1.54, 1.807) is 6.08 Å². The Balaban J connectivity index is 2.41. The van der Waals surface area contributed by atoms with Gasteiger partial charge in [0.1, 0.15) is 12.2 Å². The highest BCUT2D eigenvalue weighted by atomic mass is 16.5. The van der Waals surface area contributed by atoms with Gasteiger partial charge in [-0.05, 0) is 11.6 Å². The molecule has 0 bridgehead atoms. The van der Waals surface area contributed by atoms with Crippen molar-refractivity contribution >= 4 is 29.4 Å². The molecule has 5 heteroatoms. The third-order valence-electron chi connectivity index (χ3n) is 2.60. The SMILES string of the molecule is COC(=O)CC(=O)CC(=O)CC(=O)C=Cc1ccccc1. The standard InChI is InChI=1S/C16H16O5/c1-21-16(20)11-15(19)10-14(18)9-13(17)8-7-12-5-3-2-4-6-12/h2-8H,9-11H2,1H3. The van der Waals surface area contributed by atoms with Crippen molar-refractivity contribution in [2.45, 2.75) is 19.3 Å². The molecule has 0 fully saturated rings. The van der Waals surface area contributed by atoms with Gasteiger partial charge in [-0.15, -0.1) is 0 Å². The van der Waals surface area contributed by atoms with E-state index >= 15 is 0 Å². The Labute approximate surface area is 122 Å². The van der Waals surface area contributed by atoms with Crippen molar-refractivity contribution in [3.63, 3.8) is 0 Å². The highest BCUT2D eigenvalue weighted by molar-refractivity contribution is 6.13.